The van der Waals surface area contributed by atoms with Crippen molar-refractivity contribution in [1.29, 1.82) is 0 Å². The van der Waals surface area contributed by atoms with Crippen LogP contribution in [-0.4, -0.2) is 22.1 Å². The van der Waals surface area contributed by atoms with Gasteiger partial charge in [0.25, 0.3) is 5.91 Å². The zero-order chi connectivity index (χ0) is 14.8. The molecule has 0 spiro atoms. The van der Waals surface area contributed by atoms with E-state index in [2.05, 4.69) is 4.98 Å². The van der Waals surface area contributed by atoms with Gasteiger partial charge in [0.05, 0.1) is 17.6 Å². The van der Waals surface area contributed by atoms with E-state index in [-0.39, 0.29) is 5.82 Å². The topological polar surface area (TPSA) is 70.1 Å². The molecule has 0 fully saturated rings. The molecule has 5 nitrogen and oxygen atoms in total. The van der Waals surface area contributed by atoms with E-state index in [0.29, 0.717) is 6.61 Å². The standard InChI is InChI=1S/C16H15N3O2/c1-2-21-12-9-7-11(8-10-12)19-14-6-4-3-5-13(14)18-16(19)15(17)20/h3-10H,2H2,1H3,(H2,17,20). The van der Waals surface area contributed by atoms with E-state index in [9.17, 15) is 4.79 Å². The van der Waals surface area contributed by atoms with Crippen LogP contribution in [0.15, 0.2) is 48.5 Å². The van der Waals surface area contributed by atoms with Crippen molar-refractivity contribution in [2.45, 2.75) is 6.92 Å². The normalized spacial score (nSPS) is 10.7. The Morgan fingerprint density at radius 3 is 2.57 bits per heavy atom. The summed E-state index contributed by atoms with van der Waals surface area (Å²) in [5.74, 6) is 0.451. The second-order valence-corrected chi connectivity index (χ2v) is 4.55. The fraction of sp³-hybridized carbons (Fsp3) is 0.125. The molecule has 1 heterocycles. The molecule has 0 atom stereocenters. The van der Waals surface area contributed by atoms with Crippen molar-refractivity contribution in [3.63, 3.8) is 0 Å². The Balaban J connectivity index is 2.18. The summed E-state index contributed by atoms with van der Waals surface area (Å²) in [5.41, 5.74) is 7.85. The molecule has 0 aliphatic rings. The van der Waals surface area contributed by atoms with Crippen LogP contribution in [0.3, 0.4) is 0 Å². The molecular weight excluding hydrogens is 266 g/mol. The zero-order valence-electron chi connectivity index (χ0n) is 11.6. The lowest BCUT2D eigenvalue weighted by Gasteiger charge is -2.09. The number of fused-ring (bicyclic) bond motifs is 1. The number of amides is 1. The number of ether oxygens (including phenoxy) is 1. The van der Waals surface area contributed by atoms with Gasteiger partial charge in [0.2, 0.25) is 5.82 Å². The van der Waals surface area contributed by atoms with E-state index < -0.39 is 5.91 Å². The van der Waals surface area contributed by atoms with Crippen LogP contribution in [0.4, 0.5) is 0 Å². The number of carbonyl (C=O) groups excluding carboxylic acids is 1. The molecule has 0 bridgehead atoms. The summed E-state index contributed by atoms with van der Waals surface area (Å²) in [5, 5.41) is 0. The first-order valence-electron chi connectivity index (χ1n) is 6.71. The number of primary amides is 1. The van der Waals surface area contributed by atoms with Gasteiger partial charge in [-0.15, -0.1) is 0 Å². The van der Waals surface area contributed by atoms with Gasteiger partial charge in [0, 0.05) is 5.69 Å². The van der Waals surface area contributed by atoms with Gasteiger partial charge < -0.3 is 10.5 Å². The quantitative estimate of drug-likeness (QED) is 0.798. The fourth-order valence-electron chi connectivity index (χ4n) is 2.31. The summed E-state index contributed by atoms with van der Waals surface area (Å²) in [6.45, 7) is 2.54. The maximum absolute atomic E-state index is 11.6. The number of para-hydroxylation sites is 2. The van der Waals surface area contributed by atoms with Crippen LogP contribution in [0.5, 0.6) is 5.75 Å². The first-order valence-corrected chi connectivity index (χ1v) is 6.71. The third kappa shape index (κ3) is 2.33. The first-order chi connectivity index (χ1) is 10.2. The highest BCUT2D eigenvalue weighted by molar-refractivity contribution is 5.95. The Morgan fingerprint density at radius 2 is 1.90 bits per heavy atom. The van der Waals surface area contributed by atoms with Crippen molar-refractivity contribution in [3.05, 3.63) is 54.4 Å². The summed E-state index contributed by atoms with van der Waals surface area (Å²) >= 11 is 0. The molecule has 0 saturated carbocycles. The molecule has 2 N–H and O–H groups in total. The molecule has 0 saturated heterocycles. The number of aromatic nitrogens is 2. The molecule has 3 rings (SSSR count). The van der Waals surface area contributed by atoms with Crippen LogP contribution >= 0.6 is 0 Å². The van der Waals surface area contributed by atoms with Crippen LogP contribution in [0.2, 0.25) is 0 Å². The van der Waals surface area contributed by atoms with Crippen LogP contribution in [0.1, 0.15) is 17.5 Å². The predicted octanol–water partition coefficient (Wildman–Crippen LogP) is 2.52. The van der Waals surface area contributed by atoms with Gasteiger partial charge in [0.15, 0.2) is 0 Å². The summed E-state index contributed by atoms with van der Waals surface area (Å²) < 4.78 is 7.18. The fourth-order valence-corrected chi connectivity index (χ4v) is 2.31. The van der Waals surface area contributed by atoms with E-state index in [1.807, 2.05) is 55.5 Å². The number of rotatable bonds is 4. The largest absolute Gasteiger partial charge is 0.494 e. The van der Waals surface area contributed by atoms with Crippen LogP contribution in [0, 0.1) is 0 Å². The van der Waals surface area contributed by atoms with Gasteiger partial charge in [-0.2, -0.15) is 0 Å². The second-order valence-electron chi connectivity index (χ2n) is 4.55. The molecule has 0 aliphatic carbocycles. The molecule has 3 aromatic rings. The number of imidazole rings is 1. The zero-order valence-corrected chi connectivity index (χ0v) is 11.6. The van der Waals surface area contributed by atoms with Gasteiger partial charge in [-0.25, -0.2) is 4.98 Å². The monoisotopic (exact) mass is 281 g/mol. The molecular formula is C16H15N3O2. The van der Waals surface area contributed by atoms with Crippen LogP contribution in [-0.2, 0) is 0 Å². The molecule has 5 heteroatoms. The maximum atomic E-state index is 11.6. The van der Waals surface area contributed by atoms with E-state index >= 15 is 0 Å². The molecule has 0 radical (unpaired) electrons. The Kier molecular flexibility index (Phi) is 3.31. The average Bonchev–Trinajstić information content (AvgIpc) is 2.88. The molecule has 106 valence electrons. The number of carbonyl (C=O) groups is 1. The van der Waals surface area contributed by atoms with Crippen molar-refractivity contribution in [3.8, 4) is 11.4 Å². The molecule has 2 aromatic carbocycles. The second kappa shape index (κ2) is 5.28. The van der Waals surface area contributed by atoms with Crippen molar-refractivity contribution < 1.29 is 9.53 Å². The maximum Gasteiger partial charge on any atom is 0.285 e. The van der Waals surface area contributed by atoms with Gasteiger partial charge in [0.1, 0.15) is 5.75 Å². The first kappa shape index (κ1) is 13.2. The number of nitrogens with zero attached hydrogens (tertiary/aromatic N) is 2. The Morgan fingerprint density at radius 1 is 1.19 bits per heavy atom. The van der Waals surface area contributed by atoms with Crippen molar-refractivity contribution in [1.82, 2.24) is 9.55 Å². The lowest BCUT2D eigenvalue weighted by Crippen LogP contribution is -2.17. The summed E-state index contributed by atoms with van der Waals surface area (Å²) in [7, 11) is 0. The minimum Gasteiger partial charge on any atom is -0.494 e. The van der Waals surface area contributed by atoms with Gasteiger partial charge >= 0.3 is 0 Å². The summed E-state index contributed by atoms with van der Waals surface area (Å²) in [4.78, 5) is 16.0. The lowest BCUT2D eigenvalue weighted by atomic mass is 10.2. The van der Waals surface area contributed by atoms with Gasteiger partial charge in [-0.05, 0) is 43.3 Å². The van der Waals surface area contributed by atoms with Crippen molar-refractivity contribution in [2.75, 3.05) is 6.61 Å². The third-order valence-electron chi connectivity index (χ3n) is 3.19. The number of benzene rings is 2. The summed E-state index contributed by atoms with van der Waals surface area (Å²) in [6.07, 6.45) is 0. The number of nitrogens with two attached hydrogens (primary N) is 1. The molecule has 1 aromatic heterocycles. The highest BCUT2D eigenvalue weighted by Crippen LogP contribution is 2.23. The molecule has 0 unspecified atom stereocenters. The van der Waals surface area contributed by atoms with Gasteiger partial charge in [-0.3, -0.25) is 9.36 Å². The molecule has 21 heavy (non-hydrogen) atoms. The van der Waals surface area contributed by atoms with E-state index in [1.54, 1.807) is 4.57 Å². The smallest absolute Gasteiger partial charge is 0.285 e. The van der Waals surface area contributed by atoms with Gasteiger partial charge in [-0.1, -0.05) is 12.1 Å². The van der Waals surface area contributed by atoms with E-state index in [0.717, 1.165) is 22.5 Å². The Bertz CT molecular complexity index is 791. The SMILES string of the molecule is CCOc1ccc(-n2c(C(N)=O)nc3ccccc32)cc1. The minimum atomic E-state index is -0.555. The highest BCUT2D eigenvalue weighted by Gasteiger charge is 2.16. The lowest BCUT2D eigenvalue weighted by molar-refractivity contribution is 0.0989. The average molecular weight is 281 g/mol. The predicted molar refractivity (Wildman–Crippen MR) is 80.8 cm³/mol. The van der Waals surface area contributed by atoms with E-state index in [1.165, 1.54) is 0 Å². The third-order valence-corrected chi connectivity index (χ3v) is 3.19. The van der Waals surface area contributed by atoms with Crippen LogP contribution < -0.4 is 10.5 Å². The highest BCUT2D eigenvalue weighted by atomic mass is 16.5. The van der Waals surface area contributed by atoms with E-state index in [4.69, 9.17) is 10.5 Å². The Hall–Kier alpha value is -2.82. The summed E-state index contributed by atoms with van der Waals surface area (Å²) in [6, 6.07) is 15.0. The van der Waals surface area contributed by atoms with Crippen LogP contribution in [0.25, 0.3) is 16.7 Å². The number of hydrogen-bond donors (Lipinski definition) is 1. The minimum absolute atomic E-state index is 0.223. The van der Waals surface area contributed by atoms with Crippen molar-refractivity contribution in [2.24, 2.45) is 5.73 Å². The van der Waals surface area contributed by atoms with Crippen molar-refractivity contribution >= 4 is 16.9 Å². The molecule has 0 aliphatic heterocycles. The Labute approximate surface area is 122 Å². The molecule has 1 amide bonds. The number of hydrogen-bond acceptors (Lipinski definition) is 3.